The van der Waals surface area contributed by atoms with Crippen molar-refractivity contribution in [2.75, 3.05) is 0 Å². The smallest absolute Gasteiger partial charge is 0.339 e. The van der Waals surface area contributed by atoms with Gasteiger partial charge in [0.25, 0.3) is 9.04 Å². The first kappa shape index (κ1) is 13.8. The summed E-state index contributed by atoms with van der Waals surface area (Å²) in [6, 6.07) is 5.33. The zero-order valence-electron chi connectivity index (χ0n) is 11.0. The van der Waals surface area contributed by atoms with Crippen molar-refractivity contribution in [2.24, 2.45) is 0 Å². The van der Waals surface area contributed by atoms with Gasteiger partial charge >= 0.3 is 5.97 Å². The van der Waals surface area contributed by atoms with Gasteiger partial charge in [-0.15, -0.1) is 0 Å². The molecule has 1 aromatic carbocycles. The van der Waals surface area contributed by atoms with Crippen LogP contribution in [0, 0.1) is 0 Å². The maximum atomic E-state index is 11.1. The molecule has 1 radical (unpaired) electrons. The minimum atomic E-state index is -0.967. The van der Waals surface area contributed by atoms with E-state index in [4.69, 9.17) is 9.53 Å². The van der Waals surface area contributed by atoms with Crippen LogP contribution < -0.4 is 4.43 Å². The van der Waals surface area contributed by atoms with E-state index >= 15 is 0 Å². The zero-order valence-corrected chi connectivity index (χ0v) is 12.0. The summed E-state index contributed by atoms with van der Waals surface area (Å²) in [6.07, 6.45) is 0. The third kappa shape index (κ3) is 3.59. The summed E-state index contributed by atoms with van der Waals surface area (Å²) in [5.74, 6) is -0.451. The fourth-order valence-corrected chi connectivity index (χ4v) is 2.08. The summed E-state index contributed by atoms with van der Waals surface area (Å²) in [5.41, 5.74) is 1.31. The van der Waals surface area contributed by atoms with Gasteiger partial charge in [0, 0.05) is 0 Å². The number of aromatic carboxylic acids is 1. The van der Waals surface area contributed by atoms with Gasteiger partial charge in [0.05, 0.1) is 5.56 Å². The summed E-state index contributed by atoms with van der Waals surface area (Å²) in [7, 11) is -0.967. The van der Waals surface area contributed by atoms with Crippen LogP contribution in [0.15, 0.2) is 18.2 Å². The first-order chi connectivity index (χ1) is 7.71. The fourth-order valence-electron chi connectivity index (χ4n) is 1.47. The Bertz CT molecular complexity index is 419. The quantitative estimate of drug-likeness (QED) is 0.838. The average molecular weight is 251 g/mol. The predicted molar refractivity (Wildman–Crippen MR) is 70.2 cm³/mol. The maximum Gasteiger partial charge on any atom is 0.339 e. The number of carboxylic acid groups (broad SMARTS) is 1. The molecule has 17 heavy (non-hydrogen) atoms. The number of benzene rings is 1. The summed E-state index contributed by atoms with van der Waals surface area (Å²) in [6.45, 7) is 10.3. The number of hydrogen-bond acceptors (Lipinski definition) is 2. The number of hydrogen-bond donors (Lipinski definition) is 1. The molecule has 0 aliphatic carbocycles. The van der Waals surface area contributed by atoms with Gasteiger partial charge in [-0.3, -0.25) is 0 Å². The molecule has 0 bridgehead atoms. The van der Waals surface area contributed by atoms with E-state index in [1.807, 2.05) is 25.2 Å². The second-order valence-electron chi connectivity index (χ2n) is 5.28. The van der Waals surface area contributed by atoms with Crippen molar-refractivity contribution in [1.82, 2.24) is 0 Å². The lowest BCUT2D eigenvalue weighted by Crippen LogP contribution is -2.17. The van der Waals surface area contributed by atoms with Crippen LogP contribution in [-0.2, 0) is 5.41 Å². The van der Waals surface area contributed by atoms with Gasteiger partial charge in [-0.1, -0.05) is 26.8 Å². The minimum absolute atomic E-state index is 0.0104. The summed E-state index contributed by atoms with van der Waals surface area (Å²) in [4.78, 5) is 11.1. The molecule has 0 aliphatic heterocycles. The average Bonchev–Trinajstić information content (AvgIpc) is 2.14. The topological polar surface area (TPSA) is 46.5 Å². The molecule has 0 spiro atoms. The van der Waals surface area contributed by atoms with E-state index in [-0.39, 0.29) is 11.0 Å². The molecule has 0 saturated carbocycles. The Morgan fingerprint density at radius 3 is 2.29 bits per heavy atom. The highest BCUT2D eigenvalue weighted by Gasteiger charge is 2.19. The number of carboxylic acids is 1. The molecular weight excluding hydrogens is 232 g/mol. The molecule has 0 unspecified atom stereocenters. The highest BCUT2D eigenvalue weighted by molar-refractivity contribution is 6.49. The largest absolute Gasteiger partial charge is 0.542 e. The van der Waals surface area contributed by atoms with E-state index in [2.05, 4.69) is 20.8 Å². The standard InChI is InChI=1S/C13H19O3Si/c1-13(2,3)9-6-7-10(12(14)15)11(8-9)16-17(4)5/h6-8H,1-5H3,(H,14,15). The molecule has 3 nitrogen and oxygen atoms in total. The maximum absolute atomic E-state index is 11.1. The van der Waals surface area contributed by atoms with Crippen molar-refractivity contribution >= 4 is 15.0 Å². The molecular formula is C13H19O3Si. The van der Waals surface area contributed by atoms with Crippen LogP contribution in [0.25, 0.3) is 0 Å². The van der Waals surface area contributed by atoms with E-state index in [0.717, 1.165) is 5.56 Å². The molecule has 1 rings (SSSR count). The Morgan fingerprint density at radius 2 is 1.88 bits per heavy atom. The lowest BCUT2D eigenvalue weighted by Gasteiger charge is -2.21. The van der Waals surface area contributed by atoms with E-state index in [0.29, 0.717) is 5.75 Å². The lowest BCUT2D eigenvalue weighted by atomic mass is 9.86. The molecule has 0 amide bonds. The zero-order chi connectivity index (χ0) is 13.2. The van der Waals surface area contributed by atoms with Crippen LogP contribution in [0.3, 0.4) is 0 Å². The molecule has 1 aromatic rings. The Balaban J connectivity index is 3.24. The third-order valence-corrected chi connectivity index (χ3v) is 3.02. The van der Waals surface area contributed by atoms with Crippen molar-refractivity contribution in [2.45, 2.75) is 39.3 Å². The van der Waals surface area contributed by atoms with Gasteiger partial charge in [-0.25, -0.2) is 4.79 Å². The van der Waals surface area contributed by atoms with Crippen molar-refractivity contribution in [1.29, 1.82) is 0 Å². The van der Waals surface area contributed by atoms with Crippen LogP contribution in [0.5, 0.6) is 5.75 Å². The monoisotopic (exact) mass is 251 g/mol. The minimum Gasteiger partial charge on any atom is -0.542 e. The molecule has 0 aliphatic rings. The van der Waals surface area contributed by atoms with Gasteiger partial charge in [0.2, 0.25) is 0 Å². The normalized spacial score (nSPS) is 11.6. The second kappa shape index (κ2) is 4.92. The summed E-state index contributed by atoms with van der Waals surface area (Å²) < 4.78 is 5.66. The predicted octanol–water partition coefficient (Wildman–Crippen LogP) is 3.31. The van der Waals surface area contributed by atoms with E-state index < -0.39 is 15.0 Å². The van der Waals surface area contributed by atoms with Crippen LogP contribution in [0.1, 0.15) is 36.7 Å². The van der Waals surface area contributed by atoms with Crippen LogP contribution >= 0.6 is 0 Å². The van der Waals surface area contributed by atoms with Crippen molar-refractivity contribution < 1.29 is 14.3 Å². The molecule has 0 fully saturated rings. The van der Waals surface area contributed by atoms with Gasteiger partial charge in [0.1, 0.15) is 5.75 Å². The van der Waals surface area contributed by atoms with Crippen molar-refractivity contribution in [3.63, 3.8) is 0 Å². The van der Waals surface area contributed by atoms with E-state index in [1.165, 1.54) is 0 Å². The van der Waals surface area contributed by atoms with Gasteiger partial charge in [-0.2, -0.15) is 0 Å². The molecule has 0 heterocycles. The first-order valence-corrected chi connectivity index (χ1v) is 7.98. The number of rotatable bonds is 3. The first-order valence-electron chi connectivity index (χ1n) is 5.57. The van der Waals surface area contributed by atoms with Crippen LogP contribution in [0.4, 0.5) is 0 Å². The second-order valence-corrected chi connectivity index (χ2v) is 7.30. The van der Waals surface area contributed by atoms with Gasteiger partial charge in [-0.05, 0) is 36.2 Å². The fraction of sp³-hybridized carbons (Fsp3) is 0.462. The third-order valence-electron chi connectivity index (χ3n) is 2.39. The molecule has 0 aromatic heterocycles. The summed E-state index contributed by atoms with van der Waals surface area (Å²) >= 11 is 0. The Labute approximate surface area is 104 Å². The van der Waals surface area contributed by atoms with E-state index in [1.54, 1.807) is 6.07 Å². The van der Waals surface area contributed by atoms with Crippen molar-refractivity contribution in [3.05, 3.63) is 29.3 Å². The van der Waals surface area contributed by atoms with Crippen LogP contribution in [-0.4, -0.2) is 20.1 Å². The molecule has 0 atom stereocenters. The van der Waals surface area contributed by atoms with E-state index in [9.17, 15) is 4.79 Å². The van der Waals surface area contributed by atoms with Gasteiger partial charge in [0.15, 0.2) is 0 Å². The van der Waals surface area contributed by atoms with Crippen molar-refractivity contribution in [3.8, 4) is 5.75 Å². The lowest BCUT2D eigenvalue weighted by molar-refractivity contribution is 0.0695. The molecule has 0 saturated heterocycles. The Kier molecular flexibility index (Phi) is 3.98. The SMILES string of the molecule is C[Si](C)Oc1cc(C(C)(C)C)ccc1C(=O)O. The molecule has 4 heteroatoms. The molecule has 93 valence electrons. The van der Waals surface area contributed by atoms with Crippen LogP contribution in [0.2, 0.25) is 13.1 Å². The highest BCUT2D eigenvalue weighted by atomic mass is 28.3. The summed E-state index contributed by atoms with van der Waals surface area (Å²) in [5, 5.41) is 9.10. The van der Waals surface area contributed by atoms with Gasteiger partial charge < -0.3 is 9.53 Å². The molecule has 1 N–H and O–H groups in total. The Hall–Kier alpha value is -1.29. The number of carbonyl (C=O) groups is 1. The Morgan fingerprint density at radius 1 is 1.29 bits per heavy atom. The highest BCUT2D eigenvalue weighted by Crippen LogP contribution is 2.29.